The lowest BCUT2D eigenvalue weighted by atomic mass is 10.2. The Hall–Kier alpha value is -2.31. The van der Waals surface area contributed by atoms with Crippen LogP contribution in [0.25, 0.3) is 0 Å². The minimum atomic E-state index is -3.67. The van der Waals surface area contributed by atoms with Crippen molar-refractivity contribution in [3.05, 3.63) is 59.7 Å². The fourth-order valence-electron chi connectivity index (χ4n) is 3.07. The standard InChI is InChI=1S/C22H31N3O6S2/c1-18-5-9-20(10-6-18)32(28,29)23-13-16-25(15-3-4-22(26)27)17-14-24-33(30,31)21-11-7-19(2)8-12-21/h5-12,23-24H,3-4,13-17H2,1-2H3,(H,26,27). The van der Waals surface area contributed by atoms with Gasteiger partial charge >= 0.3 is 5.97 Å². The molecule has 0 aromatic heterocycles. The summed E-state index contributed by atoms with van der Waals surface area (Å²) in [5.74, 6) is -0.921. The summed E-state index contributed by atoms with van der Waals surface area (Å²) in [6.45, 7) is 4.94. The molecular weight excluding hydrogens is 466 g/mol. The van der Waals surface area contributed by atoms with E-state index in [0.717, 1.165) is 11.1 Å². The molecule has 0 spiro atoms. The normalized spacial score (nSPS) is 12.2. The minimum absolute atomic E-state index is 0.0271. The van der Waals surface area contributed by atoms with Gasteiger partial charge in [-0.2, -0.15) is 0 Å². The SMILES string of the molecule is Cc1ccc(S(=O)(=O)NCCN(CCCC(=O)O)CCNS(=O)(=O)c2ccc(C)cc2)cc1. The van der Waals surface area contributed by atoms with Gasteiger partial charge in [0.1, 0.15) is 0 Å². The van der Waals surface area contributed by atoms with Crippen molar-refractivity contribution in [2.45, 2.75) is 36.5 Å². The van der Waals surface area contributed by atoms with Gasteiger partial charge in [0.25, 0.3) is 0 Å². The smallest absolute Gasteiger partial charge is 0.303 e. The first-order chi connectivity index (χ1) is 15.5. The van der Waals surface area contributed by atoms with Crippen LogP contribution in [-0.2, 0) is 24.8 Å². The van der Waals surface area contributed by atoms with E-state index in [1.54, 1.807) is 24.3 Å². The Bertz CT molecular complexity index is 1030. The molecule has 0 heterocycles. The molecule has 33 heavy (non-hydrogen) atoms. The summed E-state index contributed by atoms with van der Waals surface area (Å²) >= 11 is 0. The Morgan fingerprint density at radius 2 is 1.15 bits per heavy atom. The lowest BCUT2D eigenvalue weighted by Gasteiger charge is -2.22. The maximum atomic E-state index is 12.5. The predicted octanol–water partition coefficient (Wildman–Crippen LogP) is 1.73. The Kier molecular flexibility index (Phi) is 9.99. The topological polar surface area (TPSA) is 133 Å². The van der Waals surface area contributed by atoms with Gasteiger partial charge in [0.05, 0.1) is 9.79 Å². The van der Waals surface area contributed by atoms with E-state index < -0.39 is 26.0 Å². The van der Waals surface area contributed by atoms with Crippen LogP contribution in [0.5, 0.6) is 0 Å². The quantitative estimate of drug-likeness (QED) is 0.362. The van der Waals surface area contributed by atoms with Gasteiger partial charge in [0.2, 0.25) is 20.0 Å². The Labute approximate surface area is 195 Å². The molecule has 3 N–H and O–H groups in total. The van der Waals surface area contributed by atoms with Crippen LogP contribution in [0.3, 0.4) is 0 Å². The molecule has 0 atom stereocenters. The number of carboxylic acids is 1. The molecule has 2 rings (SSSR count). The first-order valence-electron chi connectivity index (χ1n) is 10.6. The highest BCUT2D eigenvalue weighted by atomic mass is 32.2. The van der Waals surface area contributed by atoms with Crippen LogP contribution in [0.2, 0.25) is 0 Å². The predicted molar refractivity (Wildman–Crippen MR) is 126 cm³/mol. The number of hydrogen-bond donors (Lipinski definition) is 3. The summed E-state index contributed by atoms with van der Waals surface area (Å²) < 4.78 is 54.9. The summed E-state index contributed by atoms with van der Waals surface area (Å²) in [4.78, 5) is 13.0. The number of carbonyl (C=O) groups is 1. The van der Waals surface area contributed by atoms with Crippen LogP contribution in [0.4, 0.5) is 0 Å². The molecule has 0 saturated carbocycles. The zero-order chi connectivity index (χ0) is 24.5. The second kappa shape index (κ2) is 12.2. The highest BCUT2D eigenvalue weighted by Gasteiger charge is 2.16. The van der Waals surface area contributed by atoms with Gasteiger partial charge in [-0.3, -0.25) is 4.79 Å². The third kappa shape index (κ3) is 9.22. The van der Waals surface area contributed by atoms with E-state index in [0.29, 0.717) is 26.1 Å². The largest absolute Gasteiger partial charge is 0.481 e. The van der Waals surface area contributed by atoms with E-state index in [2.05, 4.69) is 9.44 Å². The number of nitrogens with one attached hydrogen (secondary N) is 2. The molecular formula is C22H31N3O6S2. The van der Waals surface area contributed by atoms with Crippen LogP contribution < -0.4 is 9.44 Å². The second-order valence-corrected chi connectivity index (χ2v) is 11.3. The number of aliphatic carboxylic acids is 1. The van der Waals surface area contributed by atoms with Gasteiger partial charge in [-0.15, -0.1) is 0 Å². The van der Waals surface area contributed by atoms with Gasteiger partial charge < -0.3 is 10.0 Å². The van der Waals surface area contributed by atoms with Crippen LogP contribution in [0, 0.1) is 13.8 Å². The van der Waals surface area contributed by atoms with Crippen LogP contribution in [0.15, 0.2) is 58.3 Å². The molecule has 0 saturated heterocycles. The van der Waals surface area contributed by atoms with E-state index >= 15 is 0 Å². The average Bonchev–Trinajstić information content (AvgIpc) is 2.73. The highest BCUT2D eigenvalue weighted by Crippen LogP contribution is 2.11. The number of benzene rings is 2. The number of aryl methyl sites for hydroxylation is 2. The summed E-state index contributed by atoms with van der Waals surface area (Å²) in [7, 11) is -7.34. The summed E-state index contributed by atoms with van der Waals surface area (Å²) in [6.07, 6.45) is 0.339. The lowest BCUT2D eigenvalue weighted by Crippen LogP contribution is -2.40. The Morgan fingerprint density at radius 3 is 1.52 bits per heavy atom. The van der Waals surface area contributed by atoms with Crippen molar-refractivity contribution in [2.75, 3.05) is 32.7 Å². The van der Waals surface area contributed by atoms with Crippen molar-refractivity contribution in [1.82, 2.24) is 14.3 Å². The van der Waals surface area contributed by atoms with E-state index in [1.807, 2.05) is 18.7 Å². The van der Waals surface area contributed by atoms with Gasteiger partial charge in [-0.1, -0.05) is 35.4 Å². The van der Waals surface area contributed by atoms with E-state index in [4.69, 9.17) is 5.11 Å². The lowest BCUT2D eigenvalue weighted by molar-refractivity contribution is -0.137. The van der Waals surface area contributed by atoms with Crippen molar-refractivity contribution in [1.29, 1.82) is 0 Å². The molecule has 182 valence electrons. The van der Waals surface area contributed by atoms with Gasteiger partial charge in [-0.25, -0.2) is 26.3 Å². The van der Waals surface area contributed by atoms with Crippen molar-refractivity contribution < 1.29 is 26.7 Å². The second-order valence-electron chi connectivity index (χ2n) is 7.76. The molecule has 9 nitrogen and oxygen atoms in total. The van der Waals surface area contributed by atoms with Crippen molar-refractivity contribution >= 4 is 26.0 Å². The molecule has 0 aliphatic heterocycles. The van der Waals surface area contributed by atoms with Crippen LogP contribution in [-0.4, -0.2) is 65.5 Å². The molecule has 0 unspecified atom stereocenters. The maximum absolute atomic E-state index is 12.5. The van der Waals surface area contributed by atoms with E-state index in [-0.39, 0.29) is 29.3 Å². The number of carboxylic acid groups (broad SMARTS) is 1. The number of rotatable bonds is 14. The number of hydrogen-bond acceptors (Lipinski definition) is 6. The molecule has 2 aromatic rings. The fraction of sp³-hybridized carbons (Fsp3) is 0.409. The molecule has 0 amide bonds. The monoisotopic (exact) mass is 497 g/mol. The van der Waals surface area contributed by atoms with Crippen molar-refractivity contribution in [3.8, 4) is 0 Å². The van der Waals surface area contributed by atoms with Crippen LogP contribution >= 0.6 is 0 Å². The first kappa shape index (κ1) is 26.9. The molecule has 0 radical (unpaired) electrons. The first-order valence-corrected chi connectivity index (χ1v) is 13.5. The average molecular weight is 498 g/mol. The van der Waals surface area contributed by atoms with E-state index in [1.165, 1.54) is 24.3 Å². The molecule has 0 bridgehead atoms. The van der Waals surface area contributed by atoms with E-state index in [9.17, 15) is 21.6 Å². The summed E-state index contributed by atoms with van der Waals surface area (Å²) in [6, 6.07) is 13.0. The summed E-state index contributed by atoms with van der Waals surface area (Å²) in [5.41, 5.74) is 1.90. The molecule has 0 fully saturated rings. The Morgan fingerprint density at radius 1 is 0.758 bits per heavy atom. The third-order valence-corrected chi connectivity index (χ3v) is 7.92. The molecule has 2 aromatic carbocycles. The molecule has 0 aliphatic rings. The zero-order valence-electron chi connectivity index (χ0n) is 18.8. The molecule has 0 aliphatic carbocycles. The minimum Gasteiger partial charge on any atom is -0.481 e. The Balaban J connectivity index is 1.92. The van der Waals surface area contributed by atoms with Gasteiger partial charge in [0.15, 0.2) is 0 Å². The summed E-state index contributed by atoms with van der Waals surface area (Å²) in [5, 5.41) is 8.88. The third-order valence-electron chi connectivity index (χ3n) is 4.97. The number of sulfonamides is 2. The van der Waals surface area contributed by atoms with Crippen LogP contribution in [0.1, 0.15) is 24.0 Å². The fourth-order valence-corrected chi connectivity index (χ4v) is 5.11. The van der Waals surface area contributed by atoms with Crippen molar-refractivity contribution in [3.63, 3.8) is 0 Å². The van der Waals surface area contributed by atoms with Gasteiger partial charge in [-0.05, 0) is 51.1 Å². The number of nitrogens with zero attached hydrogens (tertiary/aromatic N) is 1. The molecule has 11 heteroatoms. The highest BCUT2D eigenvalue weighted by molar-refractivity contribution is 7.89. The maximum Gasteiger partial charge on any atom is 0.303 e. The zero-order valence-corrected chi connectivity index (χ0v) is 20.5. The van der Waals surface area contributed by atoms with Crippen molar-refractivity contribution in [2.24, 2.45) is 0 Å². The van der Waals surface area contributed by atoms with Gasteiger partial charge in [0, 0.05) is 32.6 Å².